The van der Waals surface area contributed by atoms with Crippen molar-refractivity contribution in [1.29, 1.82) is 0 Å². The summed E-state index contributed by atoms with van der Waals surface area (Å²) in [6, 6.07) is 8.76. The van der Waals surface area contributed by atoms with Crippen LogP contribution in [0.4, 0.5) is 15.8 Å². The molecule has 1 N–H and O–H groups in total. The quantitative estimate of drug-likeness (QED) is 0.847. The Hall–Kier alpha value is -2.96. The highest BCUT2D eigenvalue weighted by molar-refractivity contribution is 5.98. The molecule has 3 heterocycles. The second-order valence-corrected chi connectivity index (χ2v) is 8.32. The molecule has 0 spiro atoms. The number of aromatic nitrogens is 1. The van der Waals surface area contributed by atoms with E-state index in [9.17, 15) is 14.0 Å². The largest absolute Gasteiger partial charge is 0.352 e. The first kappa shape index (κ1) is 19.4. The van der Waals surface area contributed by atoms with Gasteiger partial charge in [0.2, 0.25) is 5.91 Å². The number of benzene rings is 1. The minimum Gasteiger partial charge on any atom is -0.352 e. The number of nitrogens with zero attached hydrogens (tertiary/aromatic N) is 3. The molecule has 2 aromatic rings. The summed E-state index contributed by atoms with van der Waals surface area (Å²) >= 11 is 0. The van der Waals surface area contributed by atoms with E-state index < -0.39 is 5.54 Å². The highest BCUT2D eigenvalue weighted by atomic mass is 19.1. The fraction of sp³-hybridized carbons (Fsp3) is 0.409. The minimum atomic E-state index is -0.924. The third-order valence-electron chi connectivity index (χ3n) is 5.90. The second kappa shape index (κ2) is 6.83. The van der Waals surface area contributed by atoms with Gasteiger partial charge in [0.05, 0.1) is 11.4 Å². The van der Waals surface area contributed by atoms with Crippen LogP contribution in [0.25, 0.3) is 0 Å². The molecule has 0 aliphatic carbocycles. The maximum atomic E-state index is 14.1. The number of aryl methyl sites for hydroxylation is 1. The zero-order valence-corrected chi connectivity index (χ0v) is 17.1. The summed E-state index contributed by atoms with van der Waals surface area (Å²) < 4.78 is 14.1. The van der Waals surface area contributed by atoms with E-state index in [2.05, 4.69) is 10.3 Å². The van der Waals surface area contributed by atoms with Crippen LogP contribution in [-0.2, 0) is 4.79 Å². The first-order valence-corrected chi connectivity index (χ1v) is 9.85. The molecular weight excluding hydrogens is 371 g/mol. The molecule has 0 radical (unpaired) electrons. The van der Waals surface area contributed by atoms with Gasteiger partial charge < -0.3 is 15.1 Å². The first-order valence-electron chi connectivity index (χ1n) is 9.85. The maximum Gasteiger partial charge on any atom is 0.273 e. The molecule has 2 amide bonds. The summed E-state index contributed by atoms with van der Waals surface area (Å²) in [4.78, 5) is 33.6. The molecule has 152 valence electrons. The molecule has 1 atom stereocenters. The molecule has 7 heteroatoms. The molecule has 2 aliphatic heterocycles. The van der Waals surface area contributed by atoms with Crippen molar-refractivity contribution in [3.8, 4) is 0 Å². The van der Waals surface area contributed by atoms with Gasteiger partial charge in [-0.1, -0.05) is 13.0 Å². The summed E-state index contributed by atoms with van der Waals surface area (Å²) in [6.07, 6.45) is 0. The van der Waals surface area contributed by atoms with E-state index in [1.54, 1.807) is 37.8 Å². The second-order valence-electron chi connectivity index (χ2n) is 8.32. The Morgan fingerprint density at radius 1 is 1.28 bits per heavy atom. The van der Waals surface area contributed by atoms with Gasteiger partial charge in [-0.3, -0.25) is 9.59 Å². The van der Waals surface area contributed by atoms with Crippen LogP contribution in [0.1, 0.15) is 48.4 Å². The number of nitrogens with one attached hydrogen (secondary N) is 1. The van der Waals surface area contributed by atoms with Crippen LogP contribution in [0.2, 0.25) is 0 Å². The molecule has 1 saturated heterocycles. The van der Waals surface area contributed by atoms with Gasteiger partial charge in [-0.25, -0.2) is 9.37 Å². The number of rotatable bonds is 2. The smallest absolute Gasteiger partial charge is 0.273 e. The van der Waals surface area contributed by atoms with Gasteiger partial charge in [0.25, 0.3) is 5.91 Å². The minimum absolute atomic E-state index is 0.0970. The Kier molecular flexibility index (Phi) is 4.56. The van der Waals surface area contributed by atoms with Crippen LogP contribution in [0, 0.1) is 12.7 Å². The van der Waals surface area contributed by atoms with Crippen molar-refractivity contribution in [3.63, 3.8) is 0 Å². The van der Waals surface area contributed by atoms with E-state index in [1.165, 1.54) is 6.07 Å². The molecule has 0 unspecified atom stereocenters. The van der Waals surface area contributed by atoms with E-state index in [1.807, 2.05) is 24.0 Å². The molecule has 2 aliphatic rings. The number of carbonyl (C=O) groups is 2. The van der Waals surface area contributed by atoms with Gasteiger partial charge >= 0.3 is 0 Å². The van der Waals surface area contributed by atoms with Crippen LogP contribution in [0.15, 0.2) is 30.3 Å². The van der Waals surface area contributed by atoms with E-state index in [0.29, 0.717) is 30.9 Å². The number of hydrogen-bond acceptors (Lipinski definition) is 4. The van der Waals surface area contributed by atoms with Gasteiger partial charge in [-0.15, -0.1) is 0 Å². The lowest BCUT2D eigenvalue weighted by molar-refractivity contribution is -0.133. The third-order valence-corrected chi connectivity index (χ3v) is 5.90. The lowest BCUT2D eigenvalue weighted by Gasteiger charge is -2.41. The number of pyridine rings is 1. The fourth-order valence-corrected chi connectivity index (χ4v) is 4.02. The van der Waals surface area contributed by atoms with E-state index in [-0.39, 0.29) is 23.5 Å². The van der Waals surface area contributed by atoms with Crippen LogP contribution < -0.4 is 10.2 Å². The molecule has 1 aromatic heterocycles. The van der Waals surface area contributed by atoms with Crippen LogP contribution in [-0.4, -0.2) is 46.9 Å². The Morgan fingerprint density at radius 3 is 2.76 bits per heavy atom. The van der Waals surface area contributed by atoms with Gasteiger partial charge in [-0.2, -0.15) is 0 Å². The molecule has 4 rings (SSSR count). The van der Waals surface area contributed by atoms with Crippen LogP contribution in [0.3, 0.4) is 0 Å². The average molecular weight is 396 g/mol. The average Bonchev–Trinajstić information content (AvgIpc) is 3.02. The van der Waals surface area contributed by atoms with E-state index in [4.69, 9.17) is 0 Å². The van der Waals surface area contributed by atoms with Gasteiger partial charge in [-0.05, 0) is 50.6 Å². The molecule has 1 fully saturated rings. The topological polar surface area (TPSA) is 65.5 Å². The highest BCUT2D eigenvalue weighted by Gasteiger charge is 2.41. The third kappa shape index (κ3) is 3.14. The number of hydrogen-bond donors (Lipinski definition) is 1. The number of amides is 2. The van der Waals surface area contributed by atoms with Crippen molar-refractivity contribution in [2.24, 2.45) is 0 Å². The Morgan fingerprint density at radius 2 is 2.03 bits per heavy atom. The zero-order valence-electron chi connectivity index (χ0n) is 17.1. The molecule has 29 heavy (non-hydrogen) atoms. The fourth-order valence-electron chi connectivity index (χ4n) is 4.02. The predicted octanol–water partition coefficient (Wildman–Crippen LogP) is 3.13. The molecule has 0 bridgehead atoms. The van der Waals surface area contributed by atoms with Gasteiger partial charge in [0, 0.05) is 31.2 Å². The first-order chi connectivity index (χ1) is 13.7. The summed E-state index contributed by atoms with van der Waals surface area (Å²) in [6.45, 7) is 8.80. The van der Waals surface area contributed by atoms with Gasteiger partial charge in [0.15, 0.2) is 0 Å². The summed E-state index contributed by atoms with van der Waals surface area (Å²) in [7, 11) is 0. The van der Waals surface area contributed by atoms with Crippen molar-refractivity contribution in [3.05, 3.63) is 53.1 Å². The standard InChI is InChI=1S/C22H25FN4O2/c1-13-5-6-15(11-16(13)23)26-12-14(2)19-18(26)8-7-17(25-19)20(28)27-10-9-24-21(29)22(27,3)4/h5-8,11,14H,9-10,12H2,1-4H3,(H,24,29)/t14-/m1/s1. The normalized spacial score (nSPS) is 20.4. The molecular formula is C22H25FN4O2. The lowest BCUT2D eigenvalue weighted by Crippen LogP contribution is -2.63. The lowest BCUT2D eigenvalue weighted by atomic mass is 9.98. The molecule has 6 nitrogen and oxygen atoms in total. The summed E-state index contributed by atoms with van der Waals surface area (Å²) in [5.74, 6) is -0.562. The van der Waals surface area contributed by atoms with Crippen molar-refractivity contribution in [1.82, 2.24) is 15.2 Å². The molecule has 0 saturated carbocycles. The van der Waals surface area contributed by atoms with Crippen molar-refractivity contribution < 1.29 is 14.0 Å². The van der Waals surface area contributed by atoms with Crippen molar-refractivity contribution in [2.45, 2.75) is 39.2 Å². The van der Waals surface area contributed by atoms with Crippen LogP contribution in [0.5, 0.6) is 0 Å². The Labute approximate surface area is 169 Å². The zero-order chi connectivity index (χ0) is 20.9. The summed E-state index contributed by atoms with van der Waals surface area (Å²) in [5.41, 5.74) is 2.48. The number of fused-ring (bicyclic) bond motifs is 1. The Balaban J connectivity index is 1.67. The monoisotopic (exact) mass is 396 g/mol. The maximum absolute atomic E-state index is 14.1. The van der Waals surface area contributed by atoms with Crippen molar-refractivity contribution >= 4 is 23.2 Å². The predicted molar refractivity (Wildman–Crippen MR) is 109 cm³/mol. The number of anilines is 2. The van der Waals surface area contributed by atoms with E-state index >= 15 is 0 Å². The SMILES string of the molecule is Cc1ccc(N2C[C@@H](C)c3nc(C(=O)N4CCNC(=O)C4(C)C)ccc32)cc1F. The molecule has 1 aromatic carbocycles. The number of halogens is 1. The van der Waals surface area contributed by atoms with E-state index in [0.717, 1.165) is 17.1 Å². The summed E-state index contributed by atoms with van der Waals surface area (Å²) in [5, 5.41) is 2.80. The number of carbonyl (C=O) groups excluding carboxylic acids is 2. The number of piperazine rings is 1. The van der Waals surface area contributed by atoms with Crippen molar-refractivity contribution in [2.75, 3.05) is 24.5 Å². The van der Waals surface area contributed by atoms with Crippen LogP contribution >= 0.6 is 0 Å². The Bertz CT molecular complexity index is 1000. The highest BCUT2D eigenvalue weighted by Crippen LogP contribution is 2.40. The van der Waals surface area contributed by atoms with Gasteiger partial charge in [0.1, 0.15) is 17.1 Å².